The van der Waals surface area contributed by atoms with Crippen LogP contribution < -0.4 is 9.05 Å². The normalized spacial score (nSPS) is 16.4. The van der Waals surface area contributed by atoms with E-state index >= 15 is 0 Å². The summed E-state index contributed by atoms with van der Waals surface area (Å²) in [4.78, 5) is 0. The Morgan fingerprint density at radius 2 is 0.971 bits per heavy atom. The molecule has 1 heterocycles. The summed E-state index contributed by atoms with van der Waals surface area (Å²) in [7, 11) is 0. The Labute approximate surface area is 223 Å². The molecular formula is C30H45O2PS2. The smallest absolute Gasteiger partial charge is 0.348 e. The molecular weight excluding hydrogens is 487 g/mol. The van der Waals surface area contributed by atoms with Gasteiger partial charge in [0.2, 0.25) is 0 Å². The molecule has 0 radical (unpaired) electrons. The van der Waals surface area contributed by atoms with E-state index in [1.165, 1.54) is 44.8 Å². The Kier molecular flexibility index (Phi) is 7.44. The average molecular weight is 533 g/mol. The van der Waals surface area contributed by atoms with Gasteiger partial charge in [0, 0.05) is 17.5 Å². The number of hydrogen-bond donors (Lipinski definition) is 0. The number of benzene rings is 2. The highest BCUT2D eigenvalue weighted by Gasteiger charge is 2.36. The predicted molar refractivity (Wildman–Crippen MR) is 160 cm³/mol. The van der Waals surface area contributed by atoms with Gasteiger partial charge in [0.05, 0.1) is 0 Å². The number of fused-ring (bicyclic) bond motifs is 2. The maximum absolute atomic E-state index is 6.79. The lowest BCUT2D eigenvalue weighted by atomic mass is 9.76. The third-order valence-electron chi connectivity index (χ3n) is 6.69. The summed E-state index contributed by atoms with van der Waals surface area (Å²) in [6, 6.07) is 9.35. The van der Waals surface area contributed by atoms with Crippen LogP contribution in [0.1, 0.15) is 116 Å². The maximum atomic E-state index is 6.79. The van der Waals surface area contributed by atoms with Gasteiger partial charge in [-0.05, 0) is 73.4 Å². The molecule has 2 nitrogen and oxygen atoms in total. The van der Waals surface area contributed by atoms with Crippen molar-refractivity contribution in [1.82, 2.24) is 0 Å². The molecule has 0 spiro atoms. The fourth-order valence-electron chi connectivity index (χ4n) is 4.36. The van der Waals surface area contributed by atoms with E-state index in [1.54, 1.807) is 0 Å². The van der Waals surface area contributed by atoms with Gasteiger partial charge in [0.1, 0.15) is 11.5 Å². The quantitative estimate of drug-likeness (QED) is 0.340. The topological polar surface area (TPSA) is 18.5 Å². The van der Waals surface area contributed by atoms with Crippen molar-refractivity contribution >= 4 is 28.9 Å². The van der Waals surface area contributed by atoms with Gasteiger partial charge >= 0.3 is 5.69 Å². The lowest BCUT2D eigenvalue weighted by Crippen LogP contribution is -2.22. The van der Waals surface area contributed by atoms with Gasteiger partial charge in [-0.15, -0.1) is 0 Å². The first-order chi connectivity index (χ1) is 15.7. The molecule has 0 bridgehead atoms. The highest BCUT2D eigenvalue weighted by molar-refractivity contribution is 8.67. The molecule has 0 atom stereocenters. The van der Waals surface area contributed by atoms with Crippen molar-refractivity contribution in [1.29, 1.82) is 0 Å². The second-order valence-corrected chi connectivity index (χ2v) is 20.3. The average Bonchev–Trinajstić information content (AvgIpc) is 2.65. The van der Waals surface area contributed by atoms with Crippen LogP contribution >= 0.6 is 17.1 Å². The summed E-state index contributed by atoms with van der Waals surface area (Å²) in [5.74, 6) is 1.85. The van der Waals surface area contributed by atoms with Crippen molar-refractivity contribution in [3.63, 3.8) is 0 Å². The molecule has 0 N–H and O–H groups in total. The predicted octanol–water partition coefficient (Wildman–Crippen LogP) is 9.83. The van der Waals surface area contributed by atoms with Crippen molar-refractivity contribution in [2.24, 2.45) is 0 Å². The second kappa shape index (κ2) is 9.10. The summed E-state index contributed by atoms with van der Waals surface area (Å²) in [5.41, 5.74) is 4.68. The van der Waals surface area contributed by atoms with Crippen LogP contribution in [0, 0.1) is 0 Å². The van der Waals surface area contributed by atoms with Crippen LogP contribution in [0.4, 0.5) is 0 Å². The van der Waals surface area contributed by atoms with E-state index in [2.05, 4.69) is 107 Å². The fourth-order valence-corrected chi connectivity index (χ4v) is 6.76. The molecule has 2 aromatic rings. The zero-order valence-electron chi connectivity index (χ0n) is 24.1. The Morgan fingerprint density at radius 1 is 0.629 bits per heavy atom. The Bertz CT molecular complexity index is 1080. The maximum Gasteiger partial charge on any atom is 0.348 e. The van der Waals surface area contributed by atoms with E-state index < -0.39 is 5.69 Å². The van der Waals surface area contributed by atoms with Crippen LogP contribution in [-0.2, 0) is 39.9 Å². The molecule has 0 fully saturated rings. The Hall–Kier alpha value is -0.960. The first kappa shape index (κ1) is 28.6. The van der Waals surface area contributed by atoms with E-state index in [-0.39, 0.29) is 21.7 Å². The molecule has 2 aromatic carbocycles. The summed E-state index contributed by atoms with van der Waals surface area (Å²) in [6.07, 6.45) is 2.77. The lowest BCUT2D eigenvalue weighted by Gasteiger charge is -2.36. The van der Waals surface area contributed by atoms with Crippen molar-refractivity contribution in [3.8, 4) is 11.5 Å². The van der Waals surface area contributed by atoms with Crippen molar-refractivity contribution in [3.05, 3.63) is 57.6 Å². The Balaban J connectivity index is 2.46. The van der Waals surface area contributed by atoms with Crippen LogP contribution in [0.3, 0.4) is 0 Å². The lowest BCUT2D eigenvalue weighted by molar-refractivity contribution is 0.457. The van der Waals surface area contributed by atoms with Crippen LogP contribution in [0.2, 0.25) is 0 Å². The van der Waals surface area contributed by atoms with Gasteiger partial charge in [0.15, 0.2) is 0 Å². The fraction of sp³-hybridized carbons (Fsp3) is 0.600. The molecule has 194 valence electrons. The van der Waals surface area contributed by atoms with Gasteiger partial charge < -0.3 is 9.05 Å². The summed E-state index contributed by atoms with van der Waals surface area (Å²) < 4.78 is 13.6. The van der Waals surface area contributed by atoms with Gasteiger partial charge in [-0.1, -0.05) is 107 Å². The first-order valence-electron chi connectivity index (χ1n) is 12.6. The van der Waals surface area contributed by atoms with Crippen LogP contribution in [0.25, 0.3) is 0 Å². The molecule has 0 saturated carbocycles. The molecule has 0 unspecified atom stereocenters. The first-order valence-corrected chi connectivity index (χ1v) is 17.0. The standard InChI is InChI=1S/C30H45O2PS2/c1-27(2,3)21-15-19-14-20-16-22(28(4,5)6)18-24(30(10,11)12)26(20)32-33(34,35-13)31-25(19)23(17-21)29(7,8)9/h15-18H,14H2,1-13H3. The number of rotatable bonds is 1. The van der Waals surface area contributed by atoms with E-state index in [1.807, 2.05) is 6.26 Å². The van der Waals surface area contributed by atoms with Gasteiger partial charge in [0.25, 0.3) is 0 Å². The van der Waals surface area contributed by atoms with Gasteiger partial charge in [-0.25, -0.2) is 0 Å². The summed E-state index contributed by atoms with van der Waals surface area (Å²) in [6.45, 7) is 27.2. The summed E-state index contributed by atoms with van der Waals surface area (Å²) in [5, 5.41) is 0. The Morgan fingerprint density at radius 3 is 1.23 bits per heavy atom. The zero-order chi connectivity index (χ0) is 26.8. The molecule has 0 aromatic heterocycles. The second-order valence-electron chi connectivity index (χ2n) is 14.0. The van der Waals surface area contributed by atoms with Crippen molar-refractivity contribution in [2.45, 2.75) is 111 Å². The molecule has 0 saturated heterocycles. The highest BCUT2D eigenvalue weighted by atomic mass is 32.9. The van der Waals surface area contributed by atoms with Crippen molar-refractivity contribution in [2.75, 3.05) is 6.26 Å². The molecule has 1 aliphatic rings. The minimum atomic E-state index is -2.68. The molecule has 0 amide bonds. The minimum absolute atomic E-state index is 0.0280. The molecule has 1 aliphatic heterocycles. The van der Waals surface area contributed by atoms with Crippen LogP contribution in [0.5, 0.6) is 11.5 Å². The minimum Gasteiger partial charge on any atom is -0.428 e. The molecule has 35 heavy (non-hydrogen) atoms. The summed E-state index contributed by atoms with van der Waals surface area (Å²) >= 11 is 7.70. The van der Waals surface area contributed by atoms with E-state index in [4.69, 9.17) is 20.9 Å². The SMILES string of the molecule is CSP1(=S)Oc2c(cc(C(C)(C)C)cc2C(C)(C)C)Cc2cc(C(C)(C)C)cc(C(C)(C)C)c2O1. The van der Waals surface area contributed by atoms with Crippen LogP contribution in [0.15, 0.2) is 24.3 Å². The third kappa shape index (κ3) is 6.13. The van der Waals surface area contributed by atoms with Crippen molar-refractivity contribution < 1.29 is 9.05 Å². The van der Waals surface area contributed by atoms with Crippen LogP contribution in [-0.4, -0.2) is 6.26 Å². The van der Waals surface area contributed by atoms with E-state index in [9.17, 15) is 0 Å². The molecule has 5 heteroatoms. The zero-order valence-corrected chi connectivity index (χ0v) is 26.6. The van der Waals surface area contributed by atoms with E-state index in [0.29, 0.717) is 0 Å². The molecule has 3 rings (SSSR count). The van der Waals surface area contributed by atoms with Gasteiger partial charge in [-0.2, -0.15) is 0 Å². The molecule has 0 aliphatic carbocycles. The number of hydrogen-bond acceptors (Lipinski definition) is 4. The van der Waals surface area contributed by atoms with Gasteiger partial charge in [-0.3, -0.25) is 0 Å². The highest BCUT2D eigenvalue weighted by Crippen LogP contribution is 2.63. The monoisotopic (exact) mass is 532 g/mol. The third-order valence-corrected chi connectivity index (χ3v) is 11.5. The largest absolute Gasteiger partial charge is 0.428 e. The van der Waals surface area contributed by atoms with E-state index in [0.717, 1.165) is 17.9 Å².